The number of benzene rings is 1. The van der Waals surface area contributed by atoms with Gasteiger partial charge < -0.3 is 4.90 Å². The molecule has 23 heavy (non-hydrogen) atoms. The van der Waals surface area contributed by atoms with Crippen LogP contribution < -0.4 is 0 Å². The van der Waals surface area contributed by atoms with Crippen LogP contribution in [-0.2, 0) is 10.0 Å². The first-order valence-electron chi connectivity index (χ1n) is 6.88. The summed E-state index contributed by atoms with van der Waals surface area (Å²) in [6, 6.07) is 3.87. The zero-order valence-corrected chi connectivity index (χ0v) is 14.0. The molecule has 1 aliphatic heterocycles. The van der Waals surface area contributed by atoms with Gasteiger partial charge in [0.05, 0.1) is 11.2 Å². The van der Waals surface area contributed by atoms with Crippen LogP contribution in [0.25, 0.3) is 0 Å². The number of nitrogens with zero attached hydrogens (tertiary/aromatic N) is 3. The van der Waals surface area contributed by atoms with Gasteiger partial charge in [-0.3, -0.25) is 14.9 Å². The second-order valence-electron chi connectivity index (χ2n) is 5.23. The predicted octanol–water partition coefficient (Wildman–Crippen LogP) is 1.36. The topological polar surface area (TPSA) is 101 Å². The van der Waals surface area contributed by atoms with Crippen LogP contribution in [0.15, 0.2) is 18.2 Å². The summed E-state index contributed by atoms with van der Waals surface area (Å²) in [5.41, 5.74) is -0.404. The monoisotopic (exact) mass is 361 g/mol. The smallest absolute Gasteiger partial charge is 0.283 e. The van der Waals surface area contributed by atoms with Gasteiger partial charge >= 0.3 is 0 Å². The normalized spacial score (nSPS) is 16.9. The predicted molar refractivity (Wildman–Crippen MR) is 85.0 cm³/mol. The number of halogens is 1. The quantitative estimate of drug-likeness (QED) is 0.597. The molecule has 1 aromatic rings. The fourth-order valence-corrected chi connectivity index (χ4v) is 3.48. The first-order valence-corrected chi connectivity index (χ1v) is 9.11. The maximum atomic E-state index is 12.6. The van der Waals surface area contributed by atoms with Crippen molar-refractivity contribution in [3.05, 3.63) is 38.9 Å². The molecular weight excluding hydrogens is 346 g/mol. The molecule has 0 aromatic heterocycles. The van der Waals surface area contributed by atoms with Crippen molar-refractivity contribution in [2.24, 2.45) is 0 Å². The summed E-state index contributed by atoms with van der Waals surface area (Å²) in [6.45, 7) is 1.02. The van der Waals surface area contributed by atoms with Crippen molar-refractivity contribution >= 4 is 33.2 Å². The number of carbonyl (C=O) groups is 1. The Morgan fingerprint density at radius 3 is 2.57 bits per heavy atom. The van der Waals surface area contributed by atoms with Gasteiger partial charge in [-0.1, -0.05) is 11.6 Å². The molecule has 0 N–H and O–H groups in total. The molecule has 0 radical (unpaired) electrons. The van der Waals surface area contributed by atoms with Crippen molar-refractivity contribution in [1.82, 2.24) is 9.21 Å². The second-order valence-corrected chi connectivity index (χ2v) is 7.65. The van der Waals surface area contributed by atoms with E-state index < -0.39 is 20.9 Å². The van der Waals surface area contributed by atoms with Crippen molar-refractivity contribution < 1.29 is 18.1 Å². The number of hydrogen-bond donors (Lipinski definition) is 0. The molecule has 1 heterocycles. The average Bonchev–Trinajstić information content (AvgIpc) is 2.72. The molecule has 1 aliphatic rings. The second kappa shape index (κ2) is 6.81. The van der Waals surface area contributed by atoms with Gasteiger partial charge in [0.2, 0.25) is 10.0 Å². The van der Waals surface area contributed by atoms with Gasteiger partial charge in [0.1, 0.15) is 5.56 Å². The van der Waals surface area contributed by atoms with Gasteiger partial charge in [0.25, 0.3) is 11.6 Å². The summed E-state index contributed by atoms with van der Waals surface area (Å²) in [4.78, 5) is 24.4. The maximum Gasteiger partial charge on any atom is 0.283 e. The molecule has 2 rings (SSSR count). The van der Waals surface area contributed by atoms with Crippen LogP contribution in [0.4, 0.5) is 5.69 Å². The van der Waals surface area contributed by atoms with Crippen LogP contribution in [0.1, 0.15) is 16.8 Å². The van der Waals surface area contributed by atoms with Crippen molar-refractivity contribution in [2.45, 2.75) is 6.42 Å². The lowest BCUT2D eigenvalue weighted by molar-refractivity contribution is -0.385. The summed E-state index contributed by atoms with van der Waals surface area (Å²) in [7, 11) is -3.32. The van der Waals surface area contributed by atoms with Crippen LogP contribution in [0.3, 0.4) is 0 Å². The molecule has 8 nitrogen and oxygen atoms in total. The number of sulfonamides is 1. The van der Waals surface area contributed by atoms with E-state index >= 15 is 0 Å². The van der Waals surface area contributed by atoms with Gasteiger partial charge in [-0.25, -0.2) is 12.7 Å². The minimum Gasteiger partial charge on any atom is -0.337 e. The zero-order chi connectivity index (χ0) is 17.2. The van der Waals surface area contributed by atoms with Crippen molar-refractivity contribution in [1.29, 1.82) is 0 Å². The third-order valence-corrected chi connectivity index (χ3v) is 5.14. The molecular formula is C13H16ClN3O5S. The van der Waals surface area contributed by atoms with E-state index in [1.807, 2.05) is 0 Å². The first-order chi connectivity index (χ1) is 10.7. The fourth-order valence-electron chi connectivity index (χ4n) is 2.44. The van der Waals surface area contributed by atoms with Crippen LogP contribution in [-0.4, -0.2) is 60.9 Å². The van der Waals surface area contributed by atoms with Gasteiger partial charge in [-0.05, 0) is 18.6 Å². The zero-order valence-electron chi connectivity index (χ0n) is 12.4. The van der Waals surface area contributed by atoms with E-state index in [0.29, 0.717) is 19.5 Å². The van der Waals surface area contributed by atoms with Gasteiger partial charge in [0, 0.05) is 37.3 Å². The molecule has 1 aromatic carbocycles. The van der Waals surface area contributed by atoms with Crippen molar-refractivity contribution in [2.75, 3.05) is 32.4 Å². The SMILES string of the molecule is CS(=O)(=O)N1CCCN(C(=O)c2ccc(Cl)cc2[N+](=O)[O-])CC1. The van der Waals surface area contributed by atoms with Crippen LogP contribution in [0, 0.1) is 10.1 Å². The Bertz CT molecular complexity index is 737. The van der Waals surface area contributed by atoms with E-state index in [2.05, 4.69) is 0 Å². The Morgan fingerprint density at radius 2 is 1.96 bits per heavy atom. The lowest BCUT2D eigenvalue weighted by Crippen LogP contribution is -2.37. The maximum absolute atomic E-state index is 12.6. The molecule has 1 saturated heterocycles. The summed E-state index contributed by atoms with van der Waals surface area (Å²) in [6.07, 6.45) is 1.59. The highest BCUT2D eigenvalue weighted by Gasteiger charge is 2.28. The third-order valence-electron chi connectivity index (χ3n) is 3.60. The number of rotatable bonds is 3. The highest BCUT2D eigenvalue weighted by molar-refractivity contribution is 7.88. The third kappa shape index (κ3) is 4.18. The van der Waals surface area contributed by atoms with E-state index in [9.17, 15) is 23.3 Å². The summed E-state index contributed by atoms with van der Waals surface area (Å²) >= 11 is 5.74. The summed E-state index contributed by atoms with van der Waals surface area (Å²) in [5, 5.41) is 11.3. The molecule has 10 heteroatoms. The first kappa shape index (κ1) is 17.6. The standard InChI is InChI=1S/C13H16ClN3O5S/c1-23(21,22)16-6-2-5-15(7-8-16)13(18)11-4-3-10(14)9-12(11)17(19)20/h3-4,9H,2,5-8H2,1H3. The molecule has 0 unspecified atom stereocenters. The average molecular weight is 362 g/mol. The summed E-state index contributed by atoms with van der Waals surface area (Å²) in [5.74, 6) is -0.497. The number of nitro benzene ring substituents is 1. The number of hydrogen-bond acceptors (Lipinski definition) is 5. The Kier molecular flexibility index (Phi) is 5.23. The molecule has 1 fully saturated rings. The molecule has 0 spiro atoms. The van der Waals surface area contributed by atoms with Gasteiger partial charge in [-0.2, -0.15) is 0 Å². The lowest BCUT2D eigenvalue weighted by Gasteiger charge is -2.21. The Balaban J connectivity index is 2.23. The fraction of sp³-hybridized carbons (Fsp3) is 0.462. The minimum absolute atomic E-state index is 0.0489. The van der Waals surface area contributed by atoms with Crippen LogP contribution >= 0.6 is 11.6 Å². The number of amides is 1. The van der Waals surface area contributed by atoms with Gasteiger partial charge in [-0.15, -0.1) is 0 Å². The molecule has 0 aliphatic carbocycles. The Morgan fingerprint density at radius 1 is 1.26 bits per heavy atom. The lowest BCUT2D eigenvalue weighted by atomic mass is 10.1. The molecule has 0 bridgehead atoms. The number of carbonyl (C=O) groups excluding carboxylic acids is 1. The highest BCUT2D eigenvalue weighted by atomic mass is 35.5. The molecule has 1 amide bonds. The van der Waals surface area contributed by atoms with Gasteiger partial charge in [0.15, 0.2) is 0 Å². The van der Waals surface area contributed by atoms with E-state index in [-0.39, 0.29) is 29.4 Å². The Labute approximate surface area is 138 Å². The van der Waals surface area contributed by atoms with Crippen molar-refractivity contribution in [3.63, 3.8) is 0 Å². The van der Waals surface area contributed by atoms with E-state index in [4.69, 9.17) is 11.6 Å². The number of nitro groups is 1. The highest BCUT2D eigenvalue weighted by Crippen LogP contribution is 2.25. The van der Waals surface area contributed by atoms with Crippen LogP contribution in [0.5, 0.6) is 0 Å². The van der Waals surface area contributed by atoms with E-state index in [1.165, 1.54) is 21.3 Å². The Hall–Kier alpha value is -1.71. The molecule has 0 atom stereocenters. The van der Waals surface area contributed by atoms with E-state index in [0.717, 1.165) is 12.3 Å². The molecule has 0 saturated carbocycles. The minimum atomic E-state index is -3.32. The van der Waals surface area contributed by atoms with Crippen molar-refractivity contribution in [3.8, 4) is 0 Å². The summed E-state index contributed by atoms with van der Waals surface area (Å²) < 4.78 is 24.5. The van der Waals surface area contributed by atoms with Crippen LogP contribution in [0.2, 0.25) is 5.02 Å². The molecule has 126 valence electrons. The largest absolute Gasteiger partial charge is 0.337 e. The van der Waals surface area contributed by atoms with E-state index in [1.54, 1.807) is 0 Å².